The predicted molar refractivity (Wildman–Crippen MR) is 151 cm³/mol. The summed E-state index contributed by atoms with van der Waals surface area (Å²) in [5, 5.41) is 7.16. The summed E-state index contributed by atoms with van der Waals surface area (Å²) in [6.07, 6.45) is 11.7. The normalized spacial score (nSPS) is 21.5. The number of benzene rings is 1. The van der Waals surface area contributed by atoms with Gasteiger partial charge in [-0.1, -0.05) is 30.3 Å². The lowest BCUT2D eigenvalue weighted by molar-refractivity contribution is 0.181. The fourth-order valence-corrected chi connectivity index (χ4v) is 5.36. The number of guanidine groups is 1. The maximum absolute atomic E-state index is 4.88. The summed E-state index contributed by atoms with van der Waals surface area (Å²) < 4.78 is 0. The van der Waals surface area contributed by atoms with E-state index in [0.717, 1.165) is 31.0 Å². The van der Waals surface area contributed by atoms with Crippen molar-refractivity contribution in [1.82, 2.24) is 20.4 Å². The Bertz CT molecular complexity index is 677. The molecule has 33 heavy (non-hydrogen) atoms. The monoisotopic (exact) mass is 567 g/mol. The van der Waals surface area contributed by atoms with Crippen molar-refractivity contribution in [2.24, 2.45) is 10.9 Å². The molecule has 2 N–H and O–H groups in total. The minimum atomic E-state index is 0. The van der Waals surface area contributed by atoms with Crippen LogP contribution in [-0.2, 0) is 6.42 Å². The largest absolute Gasteiger partial charge is 0.357 e. The smallest absolute Gasteiger partial charge is 0.191 e. The van der Waals surface area contributed by atoms with Gasteiger partial charge < -0.3 is 20.4 Å². The van der Waals surface area contributed by atoms with Crippen LogP contribution in [0.3, 0.4) is 0 Å². The third-order valence-electron chi connectivity index (χ3n) is 7.50. The number of likely N-dealkylation sites (tertiary alicyclic amines) is 2. The molecule has 1 saturated carbocycles. The fraction of sp³-hybridized carbons (Fsp3) is 0.741. The first kappa shape index (κ1) is 26.7. The van der Waals surface area contributed by atoms with Crippen LogP contribution in [-0.4, -0.2) is 73.7 Å². The Morgan fingerprint density at radius 3 is 2.33 bits per heavy atom. The van der Waals surface area contributed by atoms with Crippen molar-refractivity contribution in [2.45, 2.75) is 76.8 Å². The third kappa shape index (κ3) is 9.36. The molecule has 0 spiro atoms. The van der Waals surface area contributed by atoms with Crippen LogP contribution in [0.15, 0.2) is 35.3 Å². The van der Waals surface area contributed by atoms with E-state index >= 15 is 0 Å². The number of nitrogens with zero attached hydrogens (tertiary/aromatic N) is 3. The van der Waals surface area contributed by atoms with Crippen molar-refractivity contribution in [3.05, 3.63) is 35.9 Å². The van der Waals surface area contributed by atoms with Gasteiger partial charge in [0.25, 0.3) is 0 Å². The van der Waals surface area contributed by atoms with Gasteiger partial charge in [-0.2, -0.15) is 0 Å². The van der Waals surface area contributed by atoms with Gasteiger partial charge in [-0.3, -0.25) is 4.99 Å². The number of rotatable bonds is 10. The summed E-state index contributed by atoms with van der Waals surface area (Å²) in [5.74, 6) is 1.89. The minimum Gasteiger partial charge on any atom is -0.357 e. The van der Waals surface area contributed by atoms with E-state index in [1.165, 1.54) is 96.1 Å². The lowest BCUT2D eigenvalue weighted by Gasteiger charge is -2.33. The molecular weight excluding hydrogens is 521 g/mol. The van der Waals surface area contributed by atoms with E-state index in [9.17, 15) is 0 Å². The topological polar surface area (TPSA) is 42.9 Å². The van der Waals surface area contributed by atoms with Gasteiger partial charge in [-0.25, -0.2) is 0 Å². The molecule has 4 rings (SSSR count). The summed E-state index contributed by atoms with van der Waals surface area (Å²) in [4.78, 5) is 10.2. The highest BCUT2D eigenvalue weighted by Crippen LogP contribution is 2.29. The second-order valence-electron chi connectivity index (χ2n) is 10.1. The van der Waals surface area contributed by atoms with Crippen LogP contribution in [0.25, 0.3) is 0 Å². The first-order chi connectivity index (χ1) is 15.8. The molecule has 6 heteroatoms. The zero-order chi connectivity index (χ0) is 22.0. The molecule has 2 heterocycles. The number of unbranched alkanes of at least 4 members (excludes halogenated alkanes) is 1. The van der Waals surface area contributed by atoms with Gasteiger partial charge >= 0.3 is 0 Å². The Kier molecular flexibility index (Phi) is 11.8. The second-order valence-corrected chi connectivity index (χ2v) is 10.1. The van der Waals surface area contributed by atoms with E-state index in [2.05, 4.69) is 57.7 Å². The van der Waals surface area contributed by atoms with Crippen molar-refractivity contribution in [3.8, 4) is 0 Å². The van der Waals surface area contributed by atoms with E-state index < -0.39 is 0 Å². The standard InChI is InChI=1S/C27H45N5.HI/c1-2-28-27(30-25-14-20-32(21-15-25)26-10-11-26)29-16-6-7-17-31-18-12-24(13-19-31)22-23-8-4-3-5-9-23;/h3-5,8-9,24-26H,2,6-7,10-22H2,1H3,(H2,28,29,30);1H. The van der Waals surface area contributed by atoms with E-state index in [1.54, 1.807) is 0 Å². The summed E-state index contributed by atoms with van der Waals surface area (Å²) in [6.45, 7) is 10.3. The molecule has 0 atom stereocenters. The molecule has 3 fully saturated rings. The summed E-state index contributed by atoms with van der Waals surface area (Å²) in [6, 6.07) is 12.5. The van der Waals surface area contributed by atoms with Crippen molar-refractivity contribution in [1.29, 1.82) is 0 Å². The second kappa shape index (κ2) is 14.5. The Morgan fingerprint density at radius 1 is 0.939 bits per heavy atom. The average molecular weight is 568 g/mol. The number of aliphatic imine (C=N–C) groups is 1. The van der Waals surface area contributed by atoms with Gasteiger partial charge in [0.05, 0.1) is 0 Å². The Hall–Kier alpha value is -0.860. The first-order valence-electron chi connectivity index (χ1n) is 13.4. The zero-order valence-electron chi connectivity index (χ0n) is 20.7. The van der Waals surface area contributed by atoms with Crippen molar-refractivity contribution in [3.63, 3.8) is 0 Å². The highest BCUT2D eigenvalue weighted by molar-refractivity contribution is 14.0. The van der Waals surface area contributed by atoms with E-state index in [1.807, 2.05) is 0 Å². The quantitative estimate of drug-likeness (QED) is 0.189. The summed E-state index contributed by atoms with van der Waals surface area (Å²) in [7, 11) is 0. The number of hydrogen-bond acceptors (Lipinski definition) is 3. The van der Waals surface area contributed by atoms with Crippen molar-refractivity contribution >= 4 is 29.9 Å². The number of halogens is 1. The van der Waals surface area contributed by atoms with Crippen LogP contribution >= 0.6 is 24.0 Å². The maximum Gasteiger partial charge on any atom is 0.191 e. The third-order valence-corrected chi connectivity index (χ3v) is 7.50. The number of nitrogens with one attached hydrogen (secondary N) is 2. The van der Waals surface area contributed by atoms with Crippen LogP contribution in [0.1, 0.15) is 63.9 Å². The molecular formula is C27H46IN5. The molecule has 2 saturated heterocycles. The lowest BCUT2D eigenvalue weighted by atomic mass is 9.90. The number of hydrogen-bond donors (Lipinski definition) is 2. The summed E-state index contributed by atoms with van der Waals surface area (Å²) in [5.41, 5.74) is 1.50. The molecule has 0 unspecified atom stereocenters. The molecule has 0 radical (unpaired) electrons. The average Bonchev–Trinajstić information content (AvgIpc) is 3.67. The first-order valence-corrected chi connectivity index (χ1v) is 13.4. The minimum absolute atomic E-state index is 0. The molecule has 186 valence electrons. The van der Waals surface area contributed by atoms with Gasteiger partial charge in [-0.15, -0.1) is 24.0 Å². The molecule has 0 amide bonds. The molecule has 1 aromatic rings. The maximum atomic E-state index is 4.88. The van der Waals surface area contributed by atoms with Crippen LogP contribution < -0.4 is 10.6 Å². The molecule has 2 aliphatic heterocycles. The molecule has 1 aromatic carbocycles. The predicted octanol–water partition coefficient (Wildman–Crippen LogP) is 4.52. The molecule has 3 aliphatic rings. The van der Waals surface area contributed by atoms with Gasteiger partial charge in [0.15, 0.2) is 5.96 Å². The lowest BCUT2D eigenvalue weighted by Crippen LogP contribution is -2.49. The van der Waals surface area contributed by atoms with Gasteiger partial charge in [0.2, 0.25) is 0 Å². The van der Waals surface area contributed by atoms with E-state index in [4.69, 9.17) is 4.99 Å². The van der Waals surface area contributed by atoms with Gasteiger partial charge in [0, 0.05) is 38.3 Å². The fourth-order valence-electron chi connectivity index (χ4n) is 5.36. The van der Waals surface area contributed by atoms with Crippen molar-refractivity contribution in [2.75, 3.05) is 45.8 Å². The highest BCUT2D eigenvalue weighted by atomic mass is 127. The molecule has 0 bridgehead atoms. The molecule has 1 aliphatic carbocycles. The van der Waals surface area contributed by atoms with E-state index in [-0.39, 0.29) is 24.0 Å². The van der Waals surface area contributed by atoms with Crippen molar-refractivity contribution < 1.29 is 0 Å². The van der Waals surface area contributed by atoms with Crippen LogP contribution in [0, 0.1) is 5.92 Å². The Balaban J connectivity index is 0.00000306. The van der Waals surface area contributed by atoms with Crippen LogP contribution in [0.2, 0.25) is 0 Å². The van der Waals surface area contributed by atoms with Gasteiger partial charge in [-0.05, 0) is 95.8 Å². The Morgan fingerprint density at radius 2 is 1.67 bits per heavy atom. The Labute approximate surface area is 219 Å². The molecule has 0 aromatic heterocycles. The van der Waals surface area contributed by atoms with Crippen LogP contribution in [0.4, 0.5) is 0 Å². The SMILES string of the molecule is CCNC(=NCCCCN1CCC(Cc2ccccc2)CC1)NC1CCN(C2CC2)CC1.I. The highest BCUT2D eigenvalue weighted by Gasteiger charge is 2.31. The zero-order valence-corrected chi connectivity index (χ0v) is 23.0. The summed E-state index contributed by atoms with van der Waals surface area (Å²) >= 11 is 0. The van der Waals surface area contributed by atoms with E-state index in [0.29, 0.717) is 6.04 Å². The number of piperidine rings is 2. The van der Waals surface area contributed by atoms with Crippen LogP contribution in [0.5, 0.6) is 0 Å². The van der Waals surface area contributed by atoms with Gasteiger partial charge in [0.1, 0.15) is 0 Å². The molecule has 5 nitrogen and oxygen atoms in total.